The molecule has 0 unspecified atom stereocenters. The quantitative estimate of drug-likeness (QED) is 0.340. The van der Waals surface area contributed by atoms with Crippen molar-refractivity contribution in [2.75, 3.05) is 45.7 Å². The van der Waals surface area contributed by atoms with Crippen molar-refractivity contribution in [2.24, 2.45) is 0 Å². The van der Waals surface area contributed by atoms with Gasteiger partial charge in [0.05, 0.1) is 0 Å². The van der Waals surface area contributed by atoms with E-state index in [1.54, 1.807) is 6.20 Å². The number of carbonyl (C=O) groups is 1. The monoisotopic (exact) mass is 270 g/mol. The van der Waals surface area contributed by atoms with Crippen molar-refractivity contribution in [1.29, 1.82) is 5.26 Å². The Morgan fingerprint density at radius 2 is 2.11 bits per heavy atom. The molecule has 0 spiro atoms. The molecule has 1 saturated heterocycles. The van der Waals surface area contributed by atoms with E-state index in [1.807, 2.05) is 11.0 Å². The zero-order valence-corrected chi connectivity index (χ0v) is 11.4. The lowest BCUT2D eigenvalue weighted by atomic mass is 10.2. The molecule has 1 aliphatic heterocycles. The Balaban J connectivity index is 2.49. The number of nitrogens with one attached hydrogen (secondary N) is 1. The number of hydrogen-bond donors (Lipinski definition) is 1. The molecule has 5 nitrogen and oxygen atoms in total. The normalized spacial score (nSPS) is 17.4. The summed E-state index contributed by atoms with van der Waals surface area (Å²) < 4.78 is 0. The molecular weight excluding hydrogens is 252 g/mol. The third-order valence-corrected chi connectivity index (χ3v) is 3.08. The Morgan fingerprint density at radius 3 is 2.67 bits per heavy atom. The molecule has 1 fully saturated rings. The highest BCUT2D eigenvalue weighted by atomic mass is 35.5. The number of nitriles is 1. The molecule has 6 heteroatoms. The van der Waals surface area contributed by atoms with Crippen LogP contribution in [0.25, 0.3) is 0 Å². The molecule has 100 valence electrons. The fourth-order valence-electron chi connectivity index (χ4n) is 1.64. The predicted octanol–water partition coefficient (Wildman–Crippen LogP) is 0.386. The van der Waals surface area contributed by atoms with Gasteiger partial charge in [-0.25, -0.2) is 0 Å². The Labute approximate surface area is 113 Å². The molecule has 0 radical (unpaired) electrons. The number of alkyl halides is 1. The summed E-state index contributed by atoms with van der Waals surface area (Å²) in [5, 5.41) is 11.7. The van der Waals surface area contributed by atoms with Crippen molar-refractivity contribution in [2.45, 2.75) is 6.42 Å². The molecule has 18 heavy (non-hydrogen) atoms. The van der Waals surface area contributed by atoms with Gasteiger partial charge in [0.1, 0.15) is 11.6 Å². The predicted molar refractivity (Wildman–Crippen MR) is 71.1 cm³/mol. The van der Waals surface area contributed by atoms with E-state index in [-0.39, 0.29) is 11.5 Å². The van der Waals surface area contributed by atoms with Crippen LogP contribution in [0.15, 0.2) is 11.8 Å². The fourth-order valence-corrected chi connectivity index (χ4v) is 1.77. The van der Waals surface area contributed by atoms with Crippen LogP contribution in [0.5, 0.6) is 0 Å². The average Bonchev–Trinajstić information content (AvgIpc) is 2.38. The molecule has 0 bridgehead atoms. The van der Waals surface area contributed by atoms with Gasteiger partial charge in [-0.2, -0.15) is 5.26 Å². The number of carbonyl (C=O) groups excluding carboxylic acids is 1. The highest BCUT2D eigenvalue weighted by Gasteiger charge is 2.14. The highest BCUT2D eigenvalue weighted by Crippen LogP contribution is 2.03. The Morgan fingerprint density at radius 1 is 1.44 bits per heavy atom. The number of hydrogen-bond acceptors (Lipinski definition) is 4. The molecule has 0 atom stereocenters. The molecule has 1 heterocycles. The lowest BCUT2D eigenvalue weighted by Crippen LogP contribution is -2.42. The van der Waals surface area contributed by atoms with Gasteiger partial charge in [-0.3, -0.25) is 4.79 Å². The second-order valence-electron chi connectivity index (χ2n) is 4.29. The van der Waals surface area contributed by atoms with Gasteiger partial charge in [-0.15, -0.1) is 11.6 Å². The first-order valence-corrected chi connectivity index (χ1v) is 6.59. The number of halogens is 1. The largest absolute Gasteiger partial charge is 0.374 e. The number of rotatable bonds is 5. The lowest BCUT2D eigenvalue weighted by Gasteiger charge is -2.31. The molecule has 0 aromatic heterocycles. The molecule has 0 aromatic carbocycles. The van der Waals surface area contributed by atoms with E-state index in [4.69, 9.17) is 16.9 Å². The summed E-state index contributed by atoms with van der Waals surface area (Å²) in [6, 6.07) is 1.95. The summed E-state index contributed by atoms with van der Waals surface area (Å²) >= 11 is 5.52. The van der Waals surface area contributed by atoms with E-state index < -0.39 is 0 Å². The lowest BCUT2D eigenvalue weighted by molar-refractivity contribution is -0.117. The maximum Gasteiger partial charge on any atom is 0.263 e. The Bertz CT molecular complexity index is 342. The van der Waals surface area contributed by atoms with E-state index in [0.29, 0.717) is 18.8 Å². The maximum atomic E-state index is 11.7. The van der Waals surface area contributed by atoms with Crippen LogP contribution in [-0.2, 0) is 4.79 Å². The average molecular weight is 271 g/mol. The summed E-state index contributed by atoms with van der Waals surface area (Å²) in [7, 11) is 2.06. The van der Waals surface area contributed by atoms with Gasteiger partial charge in [0, 0.05) is 44.8 Å². The van der Waals surface area contributed by atoms with Crippen LogP contribution in [0, 0.1) is 11.3 Å². The highest BCUT2D eigenvalue weighted by molar-refractivity contribution is 6.17. The van der Waals surface area contributed by atoms with Gasteiger partial charge < -0.3 is 15.1 Å². The molecule has 0 aliphatic carbocycles. The SMILES string of the molecule is CN1CCN(/C=C(/C#N)C(=O)NCCCCl)CC1. The van der Waals surface area contributed by atoms with Gasteiger partial charge in [-0.1, -0.05) is 0 Å². The van der Waals surface area contributed by atoms with Crippen molar-refractivity contribution in [3.8, 4) is 6.07 Å². The second kappa shape index (κ2) is 7.96. The topological polar surface area (TPSA) is 59.4 Å². The fraction of sp³-hybridized carbons (Fsp3) is 0.667. The zero-order valence-electron chi connectivity index (χ0n) is 10.7. The van der Waals surface area contributed by atoms with Crippen LogP contribution >= 0.6 is 11.6 Å². The van der Waals surface area contributed by atoms with Crippen LogP contribution in [-0.4, -0.2) is 61.4 Å². The smallest absolute Gasteiger partial charge is 0.263 e. The molecule has 1 amide bonds. The Hall–Kier alpha value is -1.25. The van der Waals surface area contributed by atoms with E-state index in [9.17, 15) is 4.79 Å². The van der Waals surface area contributed by atoms with E-state index in [2.05, 4.69) is 17.3 Å². The first-order valence-electron chi connectivity index (χ1n) is 6.06. The molecule has 0 aromatic rings. The van der Waals surface area contributed by atoms with E-state index in [1.165, 1.54) is 0 Å². The second-order valence-corrected chi connectivity index (χ2v) is 4.67. The molecular formula is C12H19ClN4O. The minimum absolute atomic E-state index is 0.161. The van der Waals surface area contributed by atoms with Gasteiger partial charge in [-0.05, 0) is 13.5 Å². The van der Waals surface area contributed by atoms with Crippen molar-refractivity contribution < 1.29 is 4.79 Å². The molecule has 0 saturated carbocycles. The van der Waals surface area contributed by atoms with Crippen LogP contribution in [0.3, 0.4) is 0 Å². The summed E-state index contributed by atoms with van der Waals surface area (Å²) in [5.74, 6) is 0.186. The number of amides is 1. The number of likely N-dealkylation sites (N-methyl/N-ethyl adjacent to an activating group) is 1. The van der Waals surface area contributed by atoms with E-state index >= 15 is 0 Å². The molecule has 1 N–H and O–H groups in total. The standard InChI is InChI=1S/C12H19ClN4O/c1-16-5-7-17(8-6-16)10-11(9-14)12(18)15-4-2-3-13/h10H,2-8H2,1H3,(H,15,18)/b11-10-. The summed E-state index contributed by atoms with van der Waals surface area (Å²) in [4.78, 5) is 15.9. The van der Waals surface area contributed by atoms with Crippen LogP contribution in [0.2, 0.25) is 0 Å². The van der Waals surface area contributed by atoms with Crippen LogP contribution in [0.4, 0.5) is 0 Å². The summed E-state index contributed by atoms with van der Waals surface area (Å²) in [5.41, 5.74) is 0.161. The number of piperazine rings is 1. The van der Waals surface area contributed by atoms with Crippen molar-refractivity contribution in [1.82, 2.24) is 15.1 Å². The van der Waals surface area contributed by atoms with E-state index in [0.717, 1.165) is 26.2 Å². The first-order chi connectivity index (χ1) is 8.67. The van der Waals surface area contributed by atoms with Crippen LogP contribution in [0.1, 0.15) is 6.42 Å². The summed E-state index contributed by atoms with van der Waals surface area (Å²) in [6.45, 7) is 4.09. The number of nitrogens with zero attached hydrogens (tertiary/aromatic N) is 3. The van der Waals surface area contributed by atoms with Crippen molar-refractivity contribution >= 4 is 17.5 Å². The Kier molecular flexibility index (Phi) is 6.55. The maximum absolute atomic E-state index is 11.7. The minimum Gasteiger partial charge on any atom is -0.374 e. The minimum atomic E-state index is -0.318. The third-order valence-electron chi connectivity index (χ3n) is 2.81. The first kappa shape index (κ1) is 14.8. The summed E-state index contributed by atoms with van der Waals surface area (Å²) in [6.07, 6.45) is 2.36. The molecule has 1 aliphatic rings. The van der Waals surface area contributed by atoms with Gasteiger partial charge in [0.15, 0.2) is 0 Å². The van der Waals surface area contributed by atoms with Gasteiger partial charge >= 0.3 is 0 Å². The van der Waals surface area contributed by atoms with Crippen molar-refractivity contribution in [3.05, 3.63) is 11.8 Å². The van der Waals surface area contributed by atoms with Crippen molar-refractivity contribution in [3.63, 3.8) is 0 Å². The van der Waals surface area contributed by atoms with Crippen LogP contribution < -0.4 is 5.32 Å². The van der Waals surface area contributed by atoms with Gasteiger partial charge in [0.2, 0.25) is 0 Å². The molecule has 1 rings (SSSR count). The third kappa shape index (κ3) is 4.94. The van der Waals surface area contributed by atoms with Gasteiger partial charge in [0.25, 0.3) is 5.91 Å². The zero-order chi connectivity index (χ0) is 13.4.